The number of aromatic nitrogens is 2. The number of para-hydroxylation sites is 1. The molecule has 0 aliphatic rings. The average molecular weight is 379 g/mol. The molecule has 2 aromatic carbocycles. The van der Waals surface area contributed by atoms with Gasteiger partial charge in [0, 0.05) is 23.6 Å². The van der Waals surface area contributed by atoms with Gasteiger partial charge in [-0.2, -0.15) is 0 Å². The second-order valence-corrected chi connectivity index (χ2v) is 6.64. The van der Waals surface area contributed by atoms with Gasteiger partial charge in [0.1, 0.15) is 28.4 Å². The number of methoxy groups -OCH3 is 2. The number of benzene rings is 2. The summed E-state index contributed by atoms with van der Waals surface area (Å²) in [7, 11) is 5.22. The maximum atomic E-state index is 12.4. The molecule has 0 aliphatic carbocycles. The number of aromatic amines is 1. The third-order valence-corrected chi connectivity index (χ3v) is 4.63. The van der Waals surface area contributed by atoms with Crippen molar-refractivity contribution in [3.8, 4) is 11.5 Å². The van der Waals surface area contributed by atoms with E-state index in [0.29, 0.717) is 30.0 Å². The molecule has 1 N–H and O–H groups in total. The van der Waals surface area contributed by atoms with Crippen LogP contribution in [0.4, 0.5) is 0 Å². The van der Waals surface area contributed by atoms with Gasteiger partial charge in [-0.3, -0.25) is 9.69 Å². The fourth-order valence-electron chi connectivity index (χ4n) is 3.31. The molecule has 0 amide bonds. The van der Waals surface area contributed by atoms with Crippen molar-refractivity contribution in [2.24, 2.45) is 0 Å². The van der Waals surface area contributed by atoms with Crippen LogP contribution in [-0.2, 0) is 13.1 Å². The van der Waals surface area contributed by atoms with Crippen molar-refractivity contribution in [1.82, 2.24) is 14.9 Å². The summed E-state index contributed by atoms with van der Waals surface area (Å²) in [6.45, 7) is 1.10. The molecule has 0 spiro atoms. The Morgan fingerprint density at radius 3 is 2.71 bits per heavy atom. The van der Waals surface area contributed by atoms with Gasteiger partial charge in [0.2, 0.25) is 5.58 Å². The van der Waals surface area contributed by atoms with Gasteiger partial charge in [0.05, 0.1) is 20.8 Å². The first kappa shape index (κ1) is 18.1. The first-order chi connectivity index (χ1) is 13.6. The Balaban J connectivity index is 1.61. The first-order valence-corrected chi connectivity index (χ1v) is 8.89. The zero-order chi connectivity index (χ0) is 19.7. The summed E-state index contributed by atoms with van der Waals surface area (Å²) >= 11 is 0. The van der Waals surface area contributed by atoms with E-state index in [4.69, 9.17) is 13.9 Å². The standard InChI is InChI=1S/C21H21N3O4/c1-24(11-13-8-9-14(26-2)10-17(13)27-3)12-18-22-19-15-6-4-5-7-16(15)28-20(19)21(25)23-18/h4-10H,11-12H2,1-3H3,(H,22,23,25). The number of hydrogen-bond donors (Lipinski definition) is 1. The van der Waals surface area contributed by atoms with Crippen molar-refractivity contribution in [2.75, 3.05) is 21.3 Å². The maximum absolute atomic E-state index is 12.4. The summed E-state index contributed by atoms with van der Waals surface area (Å²) in [5, 5.41) is 0.837. The van der Waals surface area contributed by atoms with E-state index in [2.05, 4.69) is 14.9 Å². The highest BCUT2D eigenvalue weighted by atomic mass is 16.5. The minimum absolute atomic E-state index is 0.254. The summed E-state index contributed by atoms with van der Waals surface area (Å²) < 4.78 is 16.3. The molecule has 2 aromatic heterocycles. The number of ether oxygens (including phenoxy) is 2. The van der Waals surface area contributed by atoms with Gasteiger partial charge >= 0.3 is 0 Å². The number of furan rings is 1. The van der Waals surface area contributed by atoms with E-state index in [0.717, 1.165) is 22.4 Å². The van der Waals surface area contributed by atoms with E-state index in [1.807, 2.05) is 49.5 Å². The molecule has 0 aliphatic heterocycles. The quantitative estimate of drug-likeness (QED) is 0.554. The van der Waals surface area contributed by atoms with Crippen LogP contribution in [0.15, 0.2) is 51.7 Å². The lowest BCUT2D eigenvalue weighted by Crippen LogP contribution is -2.21. The van der Waals surface area contributed by atoms with Crippen LogP contribution in [-0.4, -0.2) is 36.1 Å². The molecule has 0 fully saturated rings. The topological polar surface area (TPSA) is 80.6 Å². The fourth-order valence-corrected chi connectivity index (χ4v) is 3.31. The highest BCUT2D eigenvalue weighted by Crippen LogP contribution is 2.26. The zero-order valence-corrected chi connectivity index (χ0v) is 16.0. The monoisotopic (exact) mass is 379 g/mol. The van der Waals surface area contributed by atoms with Crippen LogP contribution in [0.2, 0.25) is 0 Å². The smallest absolute Gasteiger partial charge is 0.294 e. The molecule has 4 aromatic rings. The Bertz CT molecular complexity index is 1200. The van der Waals surface area contributed by atoms with Crippen LogP contribution >= 0.6 is 0 Å². The number of rotatable bonds is 6. The van der Waals surface area contributed by atoms with E-state index >= 15 is 0 Å². The predicted molar refractivity (Wildman–Crippen MR) is 107 cm³/mol. The molecule has 7 heteroatoms. The number of nitrogens with one attached hydrogen (secondary N) is 1. The molecule has 2 heterocycles. The van der Waals surface area contributed by atoms with Crippen LogP contribution in [0, 0.1) is 0 Å². The molecule has 4 rings (SSSR count). The molecular formula is C21H21N3O4. The zero-order valence-electron chi connectivity index (χ0n) is 16.0. The Hall–Kier alpha value is -3.32. The molecule has 0 unspecified atom stereocenters. The summed E-state index contributed by atoms with van der Waals surface area (Å²) in [5.41, 5.74) is 2.24. The van der Waals surface area contributed by atoms with Crippen LogP contribution < -0.4 is 15.0 Å². The van der Waals surface area contributed by atoms with Gasteiger partial charge < -0.3 is 18.9 Å². The van der Waals surface area contributed by atoms with Crippen molar-refractivity contribution >= 4 is 22.1 Å². The maximum Gasteiger partial charge on any atom is 0.294 e. The lowest BCUT2D eigenvalue weighted by Gasteiger charge is -2.18. The second-order valence-electron chi connectivity index (χ2n) is 6.64. The minimum Gasteiger partial charge on any atom is -0.497 e. The van der Waals surface area contributed by atoms with Crippen molar-refractivity contribution in [2.45, 2.75) is 13.1 Å². The van der Waals surface area contributed by atoms with E-state index < -0.39 is 0 Å². The molecule has 0 radical (unpaired) electrons. The average Bonchev–Trinajstić information content (AvgIpc) is 3.07. The second kappa shape index (κ2) is 7.36. The lowest BCUT2D eigenvalue weighted by atomic mass is 10.2. The van der Waals surface area contributed by atoms with E-state index in [1.165, 1.54) is 0 Å². The van der Waals surface area contributed by atoms with Crippen LogP contribution in [0.3, 0.4) is 0 Å². The van der Waals surface area contributed by atoms with Gasteiger partial charge in [-0.15, -0.1) is 0 Å². The van der Waals surface area contributed by atoms with Gasteiger partial charge in [-0.05, 0) is 25.2 Å². The first-order valence-electron chi connectivity index (χ1n) is 8.89. The third-order valence-electron chi connectivity index (χ3n) is 4.63. The normalized spacial score (nSPS) is 11.4. The van der Waals surface area contributed by atoms with Crippen molar-refractivity contribution in [3.05, 3.63) is 64.2 Å². The Morgan fingerprint density at radius 1 is 1.11 bits per heavy atom. The minimum atomic E-state index is -0.272. The molecule has 0 saturated carbocycles. The summed E-state index contributed by atoms with van der Waals surface area (Å²) in [6.07, 6.45) is 0. The van der Waals surface area contributed by atoms with Crippen LogP contribution in [0.25, 0.3) is 22.1 Å². The highest BCUT2D eigenvalue weighted by molar-refractivity contribution is 6.01. The van der Waals surface area contributed by atoms with Gasteiger partial charge in [-0.1, -0.05) is 18.2 Å². The fraction of sp³-hybridized carbons (Fsp3) is 0.238. The molecule has 144 valence electrons. The predicted octanol–water partition coefficient (Wildman–Crippen LogP) is 3.32. The third kappa shape index (κ3) is 3.32. The Morgan fingerprint density at radius 2 is 1.93 bits per heavy atom. The number of nitrogens with zero attached hydrogens (tertiary/aromatic N) is 2. The number of fused-ring (bicyclic) bond motifs is 3. The molecule has 0 atom stereocenters. The number of H-pyrrole nitrogens is 1. The summed E-state index contributed by atoms with van der Waals surface area (Å²) in [6, 6.07) is 13.2. The van der Waals surface area contributed by atoms with Gasteiger partial charge in [0.25, 0.3) is 5.56 Å². The summed E-state index contributed by atoms with van der Waals surface area (Å²) in [4.78, 5) is 21.9. The van der Waals surface area contributed by atoms with Crippen molar-refractivity contribution < 1.29 is 13.9 Å². The highest BCUT2D eigenvalue weighted by Gasteiger charge is 2.14. The molecule has 0 bridgehead atoms. The van der Waals surface area contributed by atoms with Gasteiger partial charge in [-0.25, -0.2) is 4.98 Å². The molecular weight excluding hydrogens is 358 g/mol. The molecule has 28 heavy (non-hydrogen) atoms. The summed E-state index contributed by atoms with van der Waals surface area (Å²) in [5.74, 6) is 2.08. The van der Waals surface area contributed by atoms with Crippen molar-refractivity contribution in [3.63, 3.8) is 0 Å². The molecule has 7 nitrogen and oxygen atoms in total. The number of hydrogen-bond acceptors (Lipinski definition) is 6. The van der Waals surface area contributed by atoms with E-state index in [1.54, 1.807) is 14.2 Å². The SMILES string of the molecule is COc1ccc(CN(C)Cc2nc3c(oc4ccccc43)c(=O)[nH]2)c(OC)c1. The largest absolute Gasteiger partial charge is 0.497 e. The van der Waals surface area contributed by atoms with Crippen molar-refractivity contribution in [1.29, 1.82) is 0 Å². The Kier molecular flexibility index (Phi) is 4.75. The molecule has 0 saturated heterocycles. The van der Waals surface area contributed by atoms with Crippen LogP contribution in [0.5, 0.6) is 11.5 Å². The van der Waals surface area contributed by atoms with E-state index in [9.17, 15) is 4.79 Å². The van der Waals surface area contributed by atoms with E-state index in [-0.39, 0.29) is 11.1 Å². The lowest BCUT2D eigenvalue weighted by molar-refractivity contribution is 0.302. The Labute approximate surface area is 161 Å². The van der Waals surface area contributed by atoms with Gasteiger partial charge in [0.15, 0.2) is 0 Å². The van der Waals surface area contributed by atoms with Crippen LogP contribution in [0.1, 0.15) is 11.4 Å².